The molecule has 0 spiro atoms. The monoisotopic (exact) mass is 190 g/mol. The molecule has 0 unspecified atom stereocenters. The van der Waals surface area contributed by atoms with Crippen LogP contribution in [0.2, 0.25) is 0 Å². The number of ether oxygens (including phenoxy) is 2. The molecule has 0 saturated carbocycles. The van der Waals surface area contributed by atoms with Crippen LogP contribution in [0.3, 0.4) is 0 Å². The summed E-state index contributed by atoms with van der Waals surface area (Å²) in [5.41, 5.74) is 0. The predicted molar refractivity (Wildman–Crippen MR) is 45.2 cm³/mol. The third-order valence-electron chi connectivity index (χ3n) is 1.10. The maximum atomic E-state index is 10.8. The Labute approximate surface area is 77.0 Å². The van der Waals surface area contributed by atoms with E-state index in [-0.39, 0.29) is 6.79 Å². The Morgan fingerprint density at radius 3 is 1.46 bits per heavy atom. The molecular formula is C7H14N2O4. The minimum atomic E-state index is -0.549. The van der Waals surface area contributed by atoms with E-state index in [2.05, 4.69) is 9.47 Å². The quantitative estimate of drug-likeness (QED) is 0.589. The number of rotatable bonds is 2. The smallest absolute Gasteiger partial charge is 0.412 e. The maximum absolute atomic E-state index is 10.8. The fourth-order valence-electron chi connectivity index (χ4n) is 0.388. The molecule has 0 rings (SSSR count). The normalized spacial score (nSPS) is 8.92. The Kier molecular flexibility index (Phi) is 4.64. The number of hydrogen-bond acceptors (Lipinski definition) is 4. The van der Waals surface area contributed by atoms with Gasteiger partial charge in [-0.1, -0.05) is 0 Å². The van der Waals surface area contributed by atoms with Gasteiger partial charge in [0.15, 0.2) is 0 Å². The van der Waals surface area contributed by atoms with Crippen LogP contribution in [0.5, 0.6) is 0 Å². The lowest BCUT2D eigenvalue weighted by molar-refractivity contribution is 0.00381. The Morgan fingerprint density at radius 2 is 1.23 bits per heavy atom. The van der Waals surface area contributed by atoms with Gasteiger partial charge in [0.05, 0.1) is 0 Å². The number of carbonyl (C=O) groups excluding carboxylic acids is 2. The summed E-state index contributed by atoms with van der Waals surface area (Å²) in [4.78, 5) is 24.1. The molecule has 0 aromatic heterocycles. The van der Waals surface area contributed by atoms with Crippen molar-refractivity contribution < 1.29 is 19.1 Å². The second kappa shape index (κ2) is 5.23. The van der Waals surface area contributed by atoms with Crippen molar-refractivity contribution in [1.29, 1.82) is 0 Å². The molecule has 0 N–H and O–H groups in total. The Bertz CT molecular complexity index is 171. The number of hydrogen-bond donors (Lipinski definition) is 0. The number of nitrogens with zero attached hydrogens (tertiary/aromatic N) is 2. The predicted octanol–water partition coefficient (Wildman–Crippen LogP) is 0.340. The lowest BCUT2D eigenvalue weighted by Crippen LogP contribution is -2.27. The zero-order chi connectivity index (χ0) is 10.4. The van der Waals surface area contributed by atoms with E-state index in [0.29, 0.717) is 0 Å². The molecule has 0 aliphatic carbocycles. The van der Waals surface area contributed by atoms with E-state index in [1.165, 1.54) is 38.0 Å². The van der Waals surface area contributed by atoms with Crippen molar-refractivity contribution in [3.8, 4) is 0 Å². The summed E-state index contributed by atoms with van der Waals surface area (Å²) >= 11 is 0. The molecule has 2 amide bonds. The van der Waals surface area contributed by atoms with E-state index in [9.17, 15) is 9.59 Å². The molecule has 0 bridgehead atoms. The van der Waals surface area contributed by atoms with Gasteiger partial charge in [-0.2, -0.15) is 0 Å². The Balaban J connectivity index is 3.57. The largest absolute Gasteiger partial charge is 0.412 e. The molecule has 0 atom stereocenters. The van der Waals surface area contributed by atoms with Crippen LogP contribution in [0.15, 0.2) is 0 Å². The van der Waals surface area contributed by atoms with E-state index >= 15 is 0 Å². The maximum Gasteiger partial charge on any atom is 0.412 e. The molecule has 0 saturated heterocycles. The zero-order valence-electron chi connectivity index (χ0n) is 8.23. The summed E-state index contributed by atoms with van der Waals surface area (Å²) in [6, 6.07) is 0. The van der Waals surface area contributed by atoms with E-state index < -0.39 is 12.2 Å². The van der Waals surface area contributed by atoms with Gasteiger partial charge in [-0.15, -0.1) is 0 Å². The molecule has 0 aromatic carbocycles. The molecule has 0 radical (unpaired) electrons. The summed E-state index contributed by atoms with van der Waals surface area (Å²) < 4.78 is 9.08. The van der Waals surface area contributed by atoms with Crippen molar-refractivity contribution >= 4 is 12.2 Å². The van der Waals surface area contributed by atoms with Gasteiger partial charge in [-0.3, -0.25) is 0 Å². The van der Waals surface area contributed by atoms with Crippen LogP contribution in [0.4, 0.5) is 9.59 Å². The van der Waals surface area contributed by atoms with Crippen LogP contribution >= 0.6 is 0 Å². The fourth-order valence-corrected chi connectivity index (χ4v) is 0.388. The first-order valence-electron chi connectivity index (χ1n) is 3.63. The molecule has 6 heteroatoms. The van der Waals surface area contributed by atoms with Crippen molar-refractivity contribution in [2.24, 2.45) is 0 Å². The highest BCUT2D eigenvalue weighted by atomic mass is 16.7. The molecule has 0 heterocycles. The molecule has 0 fully saturated rings. The van der Waals surface area contributed by atoms with Crippen molar-refractivity contribution in [2.45, 2.75) is 0 Å². The van der Waals surface area contributed by atoms with Crippen LogP contribution in [0, 0.1) is 0 Å². The van der Waals surface area contributed by atoms with Crippen LogP contribution in [-0.2, 0) is 9.47 Å². The highest BCUT2D eigenvalue weighted by molar-refractivity contribution is 5.68. The first kappa shape index (κ1) is 11.5. The van der Waals surface area contributed by atoms with Gasteiger partial charge in [0.2, 0.25) is 6.79 Å². The summed E-state index contributed by atoms with van der Waals surface area (Å²) in [5.74, 6) is 0. The van der Waals surface area contributed by atoms with Crippen LogP contribution in [0.25, 0.3) is 0 Å². The lowest BCUT2D eigenvalue weighted by Gasteiger charge is -2.13. The summed E-state index contributed by atoms with van der Waals surface area (Å²) in [6.45, 7) is -0.367. The van der Waals surface area contributed by atoms with E-state index in [1.807, 2.05) is 0 Å². The van der Waals surface area contributed by atoms with Gasteiger partial charge in [-0.05, 0) is 0 Å². The molecule has 6 nitrogen and oxygen atoms in total. The number of carbonyl (C=O) groups is 2. The van der Waals surface area contributed by atoms with E-state index in [0.717, 1.165) is 0 Å². The average Bonchev–Trinajstić information content (AvgIpc) is 2.03. The molecule has 13 heavy (non-hydrogen) atoms. The minimum Gasteiger partial charge on any atom is -0.412 e. The van der Waals surface area contributed by atoms with Gasteiger partial charge in [0, 0.05) is 28.2 Å². The standard InChI is InChI=1S/C7H14N2O4/c1-8(2)6(10)12-5-13-7(11)9(3)4/h5H2,1-4H3. The SMILES string of the molecule is CN(C)C(=O)OCOC(=O)N(C)C. The van der Waals surface area contributed by atoms with Gasteiger partial charge < -0.3 is 19.3 Å². The molecular weight excluding hydrogens is 176 g/mol. The van der Waals surface area contributed by atoms with Crippen molar-refractivity contribution in [1.82, 2.24) is 9.80 Å². The molecule has 0 aliphatic rings. The first-order valence-corrected chi connectivity index (χ1v) is 3.63. The molecule has 0 aromatic rings. The first-order chi connectivity index (χ1) is 5.95. The van der Waals surface area contributed by atoms with Crippen molar-refractivity contribution in [2.75, 3.05) is 35.0 Å². The summed E-state index contributed by atoms with van der Waals surface area (Å²) in [5, 5.41) is 0. The van der Waals surface area contributed by atoms with Crippen molar-refractivity contribution in [3.05, 3.63) is 0 Å². The van der Waals surface area contributed by atoms with Gasteiger partial charge in [-0.25, -0.2) is 9.59 Å². The van der Waals surface area contributed by atoms with Crippen LogP contribution in [0.1, 0.15) is 0 Å². The highest BCUT2D eigenvalue weighted by Gasteiger charge is 2.07. The average molecular weight is 190 g/mol. The van der Waals surface area contributed by atoms with Gasteiger partial charge >= 0.3 is 12.2 Å². The van der Waals surface area contributed by atoms with E-state index in [4.69, 9.17) is 0 Å². The topological polar surface area (TPSA) is 59.1 Å². The van der Waals surface area contributed by atoms with Crippen LogP contribution < -0.4 is 0 Å². The zero-order valence-corrected chi connectivity index (χ0v) is 8.23. The highest BCUT2D eigenvalue weighted by Crippen LogP contribution is 1.89. The van der Waals surface area contributed by atoms with Crippen LogP contribution in [-0.4, -0.2) is 57.0 Å². The van der Waals surface area contributed by atoms with Gasteiger partial charge in [0.1, 0.15) is 0 Å². The Morgan fingerprint density at radius 1 is 0.923 bits per heavy atom. The summed E-state index contributed by atoms with van der Waals surface area (Å²) in [7, 11) is 6.15. The van der Waals surface area contributed by atoms with Gasteiger partial charge in [0.25, 0.3) is 0 Å². The van der Waals surface area contributed by atoms with E-state index in [1.54, 1.807) is 0 Å². The second-order valence-corrected chi connectivity index (χ2v) is 2.73. The molecule has 76 valence electrons. The second-order valence-electron chi connectivity index (χ2n) is 2.73. The molecule has 0 aliphatic heterocycles. The lowest BCUT2D eigenvalue weighted by atomic mass is 10.9. The minimum absolute atomic E-state index is 0.367. The third kappa shape index (κ3) is 4.89. The Hall–Kier alpha value is -1.46. The number of amides is 2. The third-order valence-corrected chi connectivity index (χ3v) is 1.10. The van der Waals surface area contributed by atoms with Crippen molar-refractivity contribution in [3.63, 3.8) is 0 Å². The summed E-state index contributed by atoms with van der Waals surface area (Å²) in [6.07, 6.45) is -1.10. The fraction of sp³-hybridized carbons (Fsp3) is 0.714.